The minimum atomic E-state index is -0.172. The van der Waals surface area contributed by atoms with E-state index in [4.69, 9.17) is 13.9 Å². The Kier molecular flexibility index (Phi) is 3.61. The van der Waals surface area contributed by atoms with E-state index in [1.165, 1.54) is 6.20 Å². The number of rotatable bonds is 3. The monoisotopic (exact) mass is 401 g/mol. The van der Waals surface area contributed by atoms with Crippen LogP contribution in [0.1, 0.15) is 5.76 Å². The van der Waals surface area contributed by atoms with E-state index in [0.717, 1.165) is 5.56 Å². The van der Waals surface area contributed by atoms with Crippen LogP contribution in [-0.4, -0.2) is 37.4 Å². The Morgan fingerprint density at radius 2 is 1.97 bits per heavy atom. The second-order valence-corrected chi connectivity index (χ2v) is 6.89. The molecule has 9 nitrogen and oxygen atoms in total. The van der Waals surface area contributed by atoms with Crippen molar-refractivity contribution < 1.29 is 13.9 Å². The van der Waals surface area contributed by atoms with Crippen molar-refractivity contribution in [2.75, 3.05) is 13.2 Å². The van der Waals surface area contributed by atoms with Crippen LogP contribution in [-0.2, 0) is 6.54 Å². The van der Waals surface area contributed by atoms with Crippen molar-refractivity contribution in [2.45, 2.75) is 6.54 Å². The molecule has 0 bridgehead atoms. The third-order valence-corrected chi connectivity index (χ3v) is 5.01. The lowest BCUT2D eigenvalue weighted by molar-refractivity contribution is 0.171. The molecular weight excluding hydrogens is 386 g/mol. The fourth-order valence-electron chi connectivity index (χ4n) is 3.56. The van der Waals surface area contributed by atoms with E-state index in [0.29, 0.717) is 59.5 Å². The first-order valence-electron chi connectivity index (χ1n) is 9.44. The highest BCUT2D eigenvalue weighted by atomic mass is 16.6. The Bertz CT molecular complexity index is 1450. The Balaban J connectivity index is 1.46. The quantitative estimate of drug-likeness (QED) is 0.458. The van der Waals surface area contributed by atoms with Crippen molar-refractivity contribution in [3.05, 3.63) is 71.2 Å². The van der Waals surface area contributed by atoms with Gasteiger partial charge in [-0.1, -0.05) is 0 Å². The maximum atomic E-state index is 12.9. The molecule has 0 fully saturated rings. The van der Waals surface area contributed by atoms with Gasteiger partial charge in [-0.25, -0.2) is 4.98 Å². The number of hydrogen-bond donors (Lipinski definition) is 0. The summed E-state index contributed by atoms with van der Waals surface area (Å²) in [6.45, 7) is 1.39. The van der Waals surface area contributed by atoms with Gasteiger partial charge in [0.1, 0.15) is 19.0 Å². The van der Waals surface area contributed by atoms with E-state index in [2.05, 4.69) is 15.1 Å². The highest BCUT2D eigenvalue weighted by molar-refractivity contribution is 5.79. The highest BCUT2D eigenvalue weighted by Gasteiger charge is 2.16. The van der Waals surface area contributed by atoms with Gasteiger partial charge in [0.15, 0.2) is 17.3 Å². The van der Waals surface area contributed by atoms with E-state index in [9.17, 15) is 4.79 Å². The van der Waals surface area contributed by atoms with Crippen molar-refractivity contribution in [1.29, 1.82) is 0 Å². The summed E-state index contributed by atoms with van der Waals surface area (Å²) in [7, 11) is 0. The van der Waals surface area contributed by atoms with Crippen LogP contribution in [0.4, 0.5) is 0 Å². The lowest BCUT2D eigenvalue weighted by Crippen LogP contribution is -2.20. The van der Waals surface area contributed by atoms with E-state index in [1.54, 1.807) is 27.6 Å². The lowest BCUT2D eigenvalue weighted by atomic mass is 10.2. The Labute approximate surface area is 169 Å². The summed E-state index contributed by atoms with van der Waals surface area (Å²) in [6.07, 6.45) is 4.84. The average molecular weight is 401 g/mol. The number of ether oxygens (including phenoxy) is 2. The summed E-state index contributed by atoms with van der Waals surface area (Å²) < 4.78 is 19.7. The molecule has 0 saturated carbocycles. The molecule has 0 spiro atoms. The lowest BCUT2D eigenvalue weighted by Gasteiger charge is -2.18. The van der Waals surface area contributed by atoms with Gasteiger partial charge < -0.3 is 18.5 Å². The minimum Gasteiger partial charge on any atom is -0.486 e. The van der Waals surface area contributed by atoms with E-state index in [-0.39, 0.29) is 5.56 Å². The van der Waals surface area contributed by atoms with Gasteiger partial charge in [0.05, 0.1) is 23.7 Å². The molecule has 0 aliphatic carbocycles. The number of pyridine rings is 1. The molecule has 0 saturated heterocycles. The molecule has 0 amide bonds. The first-order valence-corrected chi connectivity index (χ1v) is 9.44. The maximum absolute atomic E-state index is 12.9. The summed E-state index contributed by atoms with van der Waals surface area (Å²) in [6, 6.07) is 11.0. The van der Waals surface area contributed by atoms with Gasteiger partial charge in [-0.15, -0.1) is 5.10 Å². The average Bonchev–Trinajstić information content (AvgIpc) is 3.45. The highest BCUT2D eigenvalue weighted by Crippen LogP contribution is 2.33. The van der Waals surface area contributed by atoms with Crippen molar-refractivity contribution >= 4 is 16.7 Å². The van der Waals surface area contributed by atoms with Gasteiger partial charge in [-0.2, -0.15) is 9.50 Å². The van der Waals surface area contributed by atoms with Crippen molar-refractivity contribution in [3.63, 3.8) is 0 Å². The molecule has 9 heteroatoms. The number of hydrogen-bond acceptors (Lipinski definition) is 7. The predicted octanol–water partition coefficient (Wildman–Crippen LogP) is 2.52. The van der Waals surface area contributed by atoms with Crippen LogP contribution in [0.2, 0.25) is 0 Å². The van der Waals surface area contributed by atoms with Gasteiger partial charge in [0.2, 0.25) is 0 Å². The Morgan fingerprint density at radius 1 is 1.07 bits per heavy atom. The van der Waals surface area contributed by atoms with Crippen LogP contribution in [0.5, 0.6) is 11.5 Å². The molecule has 1 aliphatic heterocycles. The molecule has 0 N–H and O–H groups in total. The van der Waals surface area contributed by atoms with Gasteiger partial charge in [0.25, 0.3) is 11.3 Å². The zero-order valence-electron chi connectivity index (χ0n) is 15.7. The van der Waals surface area contributed by atoms with E-state index >= 15 is 0 Å². The molecule has 5 aromatic rings. The largest absolute Gasteiger partial charge is 0.486 e. The Morgan fingerprint density at radius 3 is 2.83 bits per heavy atom. The van der Waals surface area contributed by atoms with Crippen LogP contribution < -0.4 is 15.0 Å². The van der Waals surface area contributed by atoms with Crippen LogP contribution in [0.3, 0.4) is 0 Å². The third-order valence-electron chi connectivity index (χ3n) is 5.01. The van der Waals surface area contributed by atoms with E-state index in [1.807, 2.05) is 30.3 Å². The fourth-order valence-corrected chi connectivity index (χ4v) is 3.56. The first-order chi connectivity index (χ1) is 14.8. The van der Waals surface area contributed by atoms with Gasteiger partial charge in [-0.3, -0.25) is 4.79 Å². The SMILES string of the molecule is O=c1c2cnc3nc(-c4ccc5c(c4)OCCO5)nn3c2ccn1Cc1ccco1. The molecular formula is C21H15N5O4. The maximum Gasteiger partial charge on any atom is 0.261 e. The smallest absolute Gasteiger partial charge is 0.261 e. The second-order valence-electron chi connectivity index (χ2n) is 6.89. The normalized spacial score (nSPS) is 13.2. The minimum absolute atomic E-state index is 0.172. The summed E-state index contributed by atoms with van der Waals surface area (Å²) in [5.74, 6) is 2.97. The fraction of sp³-hybridized carbons (Fsp3) is 0.143. The molecule has 30 heavy (non-hydrogen) atoms. The number of fused-ring (bicyclic) bond motifs is 4. The molecule has 5 heterocycles. The molecule has 148 valence electrons. The first kappa shape index (κ1) is 16.8. The predicted molar refractivity (Wildman–Crippen MR) is 107 cm³/mol. The van der Waals surface area contributed by atoms with Gasteiger partial charge >= 0.3 is 0 Å². The van der Waals surface area contributed by atoms with Crippen LogP contribution in [0.15, 0.2) is 64.3 Å². The van der Waals surface area contributed by atoms with Crippen molar-refractivity contribution in [3.8, 4) is 22.9 Å². The zero-order chi connectivity index (χ0) is 20.1. The number of benzene rings is 1. The third kappa shape index (κ3) is 2.63. The molecule has 1 aromatic carbocycles. The molecule has 0 radical (unpaired) electrons. The summed E-state index contributed by atoms with van der Waals surface area (Å²) >= 11 is 0. The molecule has 0 unspecified atom stereocenters. The summed E-state index contributed by atoms with van der Waals surface area (Å²) in [5.41, 5.74) is 1.25. The van der Waals surface area contributed by atoms with Crippen LogP contribution in [0.25, 0.3) is 28.1 Å². The van der Waals surface area contributed by atoms with Gasteiger partial charge in [-0.05, 0) is 36.4 Å². The molecule has 1 aliphatic rings. The topological polar surface area (TPSA) is 96.7 Å². The summed E-state index contributed by atoms with van der Waals surface area (Å²) in [4.78, 5) is 21.8. The van der Waals surface area contributed by atoms with Gasteiger partial charge in [0, 0.05) is 18.0 Å². The summed E-state index contributed by atoms with van der Waals surface area (Å²) in [5, 5.41) is 5.04. The Hall–Kier alpha value is -4.14. The van der Waals surface area contributed by atoms with Crippen molar-refractivity contribution in [2.24, 2.45) is 0 Å². The van der Waals surface area contributed by atoms with Crippen LogP contribution in [0, 0.1) is 0 Å². The number of aromatic nitrogens is 5. The van der Waals surface area contributed by atoms with E-state index < -0.39 is 0 Å². The van der Waals surface area contributed by atoms with Crippen molar-refractivity contribution in [1.82, 2.24) is 24.1 Å². The zero-order valence-corrected chi connectivity index (χ0v) is 15.7. The standard InChI is InChI=1S/C21H15N5O4/c27-20-15-11-22-21-23-19(13-3-4-17-18(10-13)30-9-8-29-17)24-26(21)16(15)5-6-25(20)12-14-2-1-7-28-14/h1-7,10-11H,8-9,12H2. The molecule has 6 rings (SSSR count). The van der Waals surface area contributed by atoms with Crippen LogP contribution >= 0.6 is 0 Å². The molecule has 4 aromatic heterocycles. The number of nitrogens with zero attached hydrogens (tertiary/aromatic N) is 5. The second kappa shape index (κ2) is 6.45. The molecule has 0 atom stereocenters. The number of furan rings is 1.